The predicted octanol–water partition coefficient (Wildman–Crippen LogP) is 2.69. The minimum absolute atomic E-state index is 0.0188. The van der Waals surface area contributed by atoms with Gasteiger partial charge in [-0.05, 0) is 50.2 Å². The van der Waals surface area contributed by atoms with Gasteiger partial charge in [-0.3, -0.25) is 9.89 Å². The summed E-state index contributed by atoms with van der Waals surface area (Å²) in [5, 5.41) is 9.47. The zero-order valence-electron chi connectivity index (χ0n) is 14.8. The van der Waals surface area contributed by atoms with Crippen molar-refractivity contribution >= 4 is 5.91 Å². The molecule has 0 saturated carbocycles. The average molecular weight is 382 g/mol. The molecule has 6 nitrogen and oxygen atoms in total. The van der Waals surface area contributed by atoms with Gasteiger partial charge in [0, 0.05) is 13.1 Å². The van der Waals surface area contributed by atoms with Gasteiger partial charge in [0.1, 0.15) is 18.1 Å². The number of nitrogens with one attached hydrogen (secondary N) is 2. The maximum Gasteiger partial charge on any atom is 0.416 e. The summed E-state index contributed by atoms with van der Waals surface area (Å²) < 4.78 is 43.5. The number of aromatic nitrogens is 2. The quantitative estimate of drug-likeness (QED) is 0.806. The molecule has 1 aromatic heterocycles. The third-order valence-electron chi connectivity index (χ3n) is 4.46. The number of amides is 1. The Labute approximate surface area is 154 Å². The molecule has 1 amide bonds. The van der Waals surface area contributed by atoms with Crippen molar-refractivity contribution in [2.75, 3.05) is 26.7 Å². The van der Waals surface area contributed by atoms with Crippen LogP contribution >= 0.6 is 0 Å². The van der Waals surface area contributed by atoms with Gasteiger partial charge in [0.15, 0.2) is 0 Å². The second kappa shape index (κ2) is 7.99. The highest BCUT2D eigenvalue weighted by atomic mass is 19.4. The lowest BCUT2D eigenvalue weighted by atomic mass is 10.1. The van der Waals surface area contributed by atoms with Crippen LogP contribution in [-0.4, -0.2) is 47.7 Å². The molecule has 9 heteroatoms. The van der Waals surface area contributed by atoms with Crippen molar-refractivity contribution < 1.29 is 22.7 Å². The van der Waals surface area contributed by atoms with Crippen molar-refractivity contribution in [1.29, 1.82) is 0 Å². The van der Waals surface area contributed by atoms with Crippen LogP contribution in [0.1, 0.15) is 28.2 Å². The fourth-order valence-electron chi connectivity index (χ4n) is 3.00. The first-order valence-corrected chi connectivity index (χ1v) is 8.62. The second-order valence-electron chi connectivity index (χ2n) is 6.72. The number of hydrogen-bond acceptors (Lipinski definition) is 4. The highest BCUT2D eigenvalue weighted by Crippen LogP contribution is 2.31. The Kier molecular flexibility index (Phi) is 5.69. The molecule has 2 aromatic rings. The number of H-pyrrole nitrogens is 1. The van der Waals surface area contributed by atoms with Crippen molar-refractivity contribution in [3.8, 4) is 5.75 Å². The zero-order valence-corrected chi connectivity index (χ0v) is 14.8. The molecule has 1 unspecified atom stereocenters. The molecule has 1 fully saturated rings. The minimum atomic E-state index is -4.42. The smallest absolute Gasteiger partial charge is 0.416 e. The number of hydrogen-bond donors (Lipinski definition) is 2. The summed E-state index contributed by atoms with van der Waals surface area (Å²) in [5.41, 5.74) is -0.0515. The van der Waals surface area contributed by atoms with Crippen molar-refractivity contribution in [1.82, 2.24) is 20.4 Å². The predicted molar refractivity (Wildman–Crippen MR) is 92.3 cm³/mol. The molecule has 27 heavy (non-hydrogen) atoms. The van der Waals surface area contributed by atoms with Gasteiger partial charge < -0.3 is 15.0 Å². The number of nitrogens with zero attached hydrogens (tertiary/aromatic N) is 2. The Morgan fingerprint density at radius 1 is 1.41 bits per heavy atom. The molecule has 2 N–H and O–H groups in total. The summed E-state index contributed by atoms with van der Waals surface area (Å²) in [6, 6.07) is 6.17. The van der Waals surface area contributed by atoms with Crippen molar-refractivity contribution in [2.24, 2.45) is 5.92 Å². The van der Waals surface area contributed by atoms with E-state index in [4.69, 9.17) is 4.74 Å². The molecular formula is C18H21F3N4O2. The van der Waals surface area contributed by atoms with Crippen LogP contribution < -0.4 is 10.1 Å². The highest BCUT2D eigenvalue weighted by Gasteiger charge is 2.30. The van der Waals surface area contributed by atoms with E-state index in [0.717, 1.165) is 31.6 Å². The maximum atomic E-state index is 12.7. The van der Waals surface area contributed by atoms with Crippen LogP contribution in [0.3, 0.4) is 0 Å². The molecule has 3 rings (SSSR count). The number of rotatable bonds is 6. The fraction of sp³-hybridized carbons (Fsp3) is 0.444. The summed E-state index contributed by atoms with van der Waals surface area (Å²) in [4.78, 5) is 14.4. The summed E-state index contributed by atoms with van der Waals surface area (Å²) in [6.45, 7) is 2.55. The molecule has 0 radical (unpaired) electrons. The number of benzene rings is 1. The highest BCUT2D eigenvalue weighted by molar-refractivity contribution is 5.92. The molecule has 1 atom stereocenters. The lowest BCUT2D eigenvalue weighted by Gasteiger charge is -2.10. The molecule has 1 aromatic carbocycles. The first kappa shape index (κ1) is 19.2. The first-order chi connectivity index (χ1) is 12.8. The van der Waals surface area contributed by atoms with Gasteiger partial charge in [-0.15, -0.1) is 0 Å². The van der Waals surface area contributed by atoms with Gasteiger partial charge in [-0.1, -0.05) is 6.07 Å². The molecule has 146 valence electrons. The first-order valence-electron chi connectivity index (χ1n) is 8.62. The molecule has 1 aliphatic heterocycles. The number of aromatic amines is 1. The topological polar surface area (TPSA) is 70.2 Å². The number of halogens is 3. The molecule has 2 heterocycles. The lowest BCUT2D eigenvalue weighted by molar-refractivity contribution is -0.137. The Balaban J connectivity index is 1.51. The van der Waals surface area contributed by atoms with Crippen LogP contribution in [0.5, 0.6) is 5.75 Å². The number of alkyl halides is 3. The molecule has 0 aliphatic carbocycles. The summed E-state index contributed by atoms with van der Waals surface area (Å²) in [5.74, 6) is 0.239. The monoisotopic (exact) mass is 382 g/mol. The van der Waals surface area contributed by atoms with Crippen LogP contribution in [0.25, 0.3) is 0 Å². The van der Waals surface area contributed by atoms with Crippen LogP contribution in [0, 0.1) is 5.92 Å². The van der Waals surface area contributed by atoms with Crippen LogP contribution in [-0.2, 0) is 12.8 Å². The average Bonchev–Trinajstić information content (AvgIpc) is 3.26. The molecular weight excluding hydrogens is 361 g/mol. The molecule has 1 saturated heterocycles. The standard InChI is InChI=1S/C18H21F3N4O2/c1-25-6-5-12(10-25)9-22-17(26)16-8-14(23-24-16)11-27-15-4-2-3-13(7-15)18(19,20)21/h2-4,7-8,12H,5-6,9-11H2,1H3,(H,22,26)(H,23,24). The number of likely N-dealkylation sites (tertiary alicyclic amines) is 1. The van der Waals surface area contributed by atoms with Gasteiger partial charge >= 0.3 is 6.18 Å². The third-order valence-corrected chi connectivity index (χ3v) is 4.46. The Hall–Kier alpha value is -2.55. The van der Waals surface area contributed by atoms with E-state index in [9.17, 15) is 18.0 Å². The van der Waals surface area contributed by atoms with Crippen molar-refractivity contribution in [3.05, 3.63) is 47.3 Å². The van der Waals surface area contributed by atoms with E-state index < -0.39 is 11.7 Å². The van der Waals surface area contributed by atoms with Crippen molar-refractivity contribution in [3.63, 3.8) is 0 Å². The SMILES string of the molecule is CN1CCC(CNC(=O)c2cc(COc3cccc(C(F)(F)F)c3)[nH]n2)C1. The van der Waals surface area contributed by atoms with Gasteiger partial charge in [0.05, 0.1) is 11.3 Å². The van der Waals surface area contributed by atoms with E-state index in [-0.39, 0.29) is 24.0 Å². The van der Waals surface area contributed by atoms with Gasteiger partial charge in [0.25, 0.3) is 5.91 Å². The van der Waals surface area contributed by atoms with Crippen molar-refractivity contribution in [2.45, 2.75) is 19.2 Å². The summed E-state index contributed by atoms with van der Waals surface area (Å²) in [7, 11) is 2.05. The fourth-order valence-corrected chi connectivity index (χ4v) is 3.00. The number of ether oxygens (including phenoxy) is 1. The molecule has 0 spiro atoms. The van der Waals surface area contributed by atoms with E-state index in [1.54, 1.807) is 0 Å². The van der Waals surface area contributed by atoms with E-state index >= 15 is 0 Å². The van der Waals surface area contributed by atoms with Gasteiger partial charge in [-0.2, -0.15) is 18.3 Å². The van der Waals surface area contributed by atoms with E-state index in [1.807, 2.05) is 7.05 Å². The second-order valence-corrected chi connectivity index (χ2v) is 6.72. The van der Waals surface area contributed by atoms with E-state index in [0.29, 0.717) is 18.2 Å². The number of carbonyl (C=O) groups excluding carboxylic acids is 1. The van der Waals surface area contributed by atoms with Gasteiger partial charge in [0.2, 0.25) is 0 Å². The van der Waals surface area contributed by atoms with Crippen LogP contribution in [0.2, 0.25) is 0 Å². The molecule has 0 bridgehead atoms. The van der Waals surface area contributed by atoms with Crippen LogP contribution in [0.4, 0.5) is 13.2 Å². The Morgan fingerprint density at radius 2 is 2.22 bits per heavy atom. The van der Waals surface area contributed by atoms with E-state index in [2.05, 4.69) is 20.4 Å². The third kappa shape index (κ3) is 5.22. The largest absolute Gasteiger partial charge is 0.487 e. The summed E-state index contributed by atoms with van der Waals surface area (Å²) in [6.07, 6.45) is -3.37. The maximum absolute atomic E-state index is 12.7. The minimum Gasteiger partial charge on any atom is -0.487 e. The normalized spacial score (nSPS) is 17.9. The van der Waals surface area contributed by atoms with Gasteiger partial charge in [-0.25, -0.2) is 0 Å². The van der Waals surface area contributed by atoms with E-state index in [1.165, 1.54) is 18.2 Å². The lowest BCUT2D eigenvalue weighted by Crippen LogP contribution is -2.30. The Morgan fingerprint density at radius 3 is 2.93 bits per heavy atom. The molecule has 1 aliphatic rings. The summed E-state index contributed by atoms with van der Waals surface area (Å²) >= 11 is 0. The number of carbonyl (C=O) groups is 1. The van der Waals surface area contributed by atoms with Crippen LogP contribution in [0.15, 0.2) is 30.3 Å². The zero-order chi connectivity index (χ0) is 19.4. The Bertz CT molecular complexity index is 791.